The lowest BCUT2D eigenvalue weighted by molar-refractivity contribution is -0.123. The molecule has 3 rings (SSSR count). The number of carbonyl (C=O) groups excluding carboxylic acids is 2. The molecule has 0 bridgehead atoms. The number of carbonyl (C=O) groups is 2. The predicted molar refractivity (Wildman–Crippen MR) is 91.0 cm³/mol. The first-order valence-electron chi connectivity index (χ1n) is 7.87. The van der Waals surface area contributed by atoms with E-state index in [9.17, 15) is 9.59 Å². The molecule has 24 heavy (non-hydrogen) atoms. The fourth-order valence-corrected chi connectivity index (χ4v) is 3.21. The number of halogens is 1. The van der Waals surface area contributed by atoms with E-state index in [1.165, 1.54) is 6.20 Å². The fourth-order valence-electron chi connectivity index (χ4n) is 2.99. The Morgan fingerprint density at radius 1 is 1.29 bits per heavy atom. The molecule has 0 spiro atoms. The average Bonchev–Trinajstić information content (AvgIpc) is 3.04. The van der Waals surface area contributed by atoms with E-state index in [4.69, 9.17) is 17.3 Å². The van der Waals surface area contributed by atoms with E-state index < -0.39 is 0 Å². The summed E-state index contributed by atoms with van der Waals surface area (Å²) in [6.07, 6.45) is 4.66. The number of aromatic nitrogens is 2. The molecular formula is C17H19ClN4O2. The SMILES string of the molecule is CC1CCC(C(N)=O)CN1C(=O)c1cnn(-c2ccccc2Cl)c1. The molecular weight excluding hydrogens is 328 g/mol. The molecule has 7 heteroatoms. The maximum absolute atomic E-state index is 12.8. The molecule has 1 saturated heterocycles. The highest BCUT2D eigenvalue weighted by molar-refractivity contribution is 6.32. The zero-order valence-corrected chi connectivity index (χ0v) is 14.1. The third-order valence-electron chi connectivity index (χ3n) is 4.47. The monoisotopic (exact) mass is 346 g/mol. The number of piperidine rings is 1. The molecule has 1 fully saturated rings. The van der Waals surface area contributed by atoms with Crippen molar-refractivity contribution in [2.75, 3.05) is 6.54 Å². The van der Waals surface area contributed by atoms with Crippen molar-refractivity contribution >= 4 is 23.4 Å². The van der Waals surface area contributed by atoms with Gasteiger partial charge in [-0.15, -0.1) is 0 Å². The van der Waals surface area contributed by atoms with Crippen LogP contribution < -0.4 is 5.73 Å². The molecule has 1 aromatic carbocycles. The molecule has 1 aliphatic heterocycles. The summed E-state index contributed by atoms with van der Waals surface area (Å²) in [6.45, 7) is 2.33. The van der Waals surface area contributed by atoms with E-state index in [2.05, 4.69) is 5.10 Å². The van der Waals surface area contributed by atoms with Crippen LogP contribution in [0.15, 0.2) is 36.7 Å². The van der Waals surface area contributed by atoms with Crippen LogP contribution in [0.3, 0.4) is 0 Å². The first-order valence-corrected chi connectivity index (χ1v) is 8.25. The number of nitrogens with zero attached hydrogens (tertiary/aromatic N) is 3. The Balaban J connectivity index is 1.83. The molecule has 126 valence electrons. The summed E-state index contributed by atoms with van der Waals surface area (Å²) in [5.41, 5.74) is 6.58. The number of amides is 2. The lowest BCUT2D eigenvalue weighted by atomic mass is 9.92. The van der Waals surface area contributed by atoms with Crippen LogP contribution in [0.1, 0.15) is 30.1 Å². The van der Waals surface area contributed by atoms with Gasteiger partial charge in [0.2, 0.25) is 5.91 Å². The van der Waals surface area contributed by atoms with Gasteiger partial charge in [-0.3, -0.25) is 9.59 Å². The van der Waals surface area contributed by atoms with Crippen molar-refractivity contribution in [1.82, 2.24) is 14.7 Å². The smallest absolute Gasteiger partial charge is 0.257 e. The lowest BCUT2D eigenvalue weighted by Gasteiger charge is -2.36. The summed E-state index contributed by atoms with van der Waals surface area (Å²) in [4.78, 5) is 25.9. The van der Waals surface area contributed by atoms with Gasteiger partial charge in [0.05, 0.1) is 28.4 Å². The molecule has 0 aliphatic carbocycles. The fraction of sp³-hybridized carbons (Fsp3) is 0.353. The van der Waals surface area contributed by atoms with Crippen molar-refractivity contribution in [3.05, 3.63) is 47.2 Å². The van der Waals surface area contributed by atoms with Gasteiger partial charge in [-0.2, -0.15) is 5.10 Å². The summed E-state index contributed by atoms with van der Waals surface area (Å²) in [5, 5.41) is 4.79. The molecule has 1 aromatic heterocycles. The largest absolute Gasteiger partial charge is 0.369 e. The van der Waals surface area contributed by atoms with Crippen molar-refractivity contribution in [1.29, 1.82) is 0 Å². The Kier molecular flexibility index (Phi) is 4.57. The number of rotatable bonds is 3. The van der Waals surface area contributed by atoms with Crippen molar-refractivity contribution < 1.29 is 9.59 Å². The van der Waals surface area contributed by atoms with Crippen LogP contribution in [0.2, 0.25) is 5.02 Å². The Hall–Kier alpha value is -2.34. The van der Waals surface area contributed by atoms with Crippen LogP contribution in [-0.2, 0) is 4.79 Å². The number of para-hydroxylation sites is 1. The molecule has 2 unspecified atom stereocenters. The maximum Gasteiger partial charge on any atom is 0.257 e. The van der Waals surface area contributed by atoms with Crippen LogP contribution in [0.5, 0.6) is 0 Å². The lowest BCUT2D eigenvalue weighted by Crippen LogP contribution is -2.48. The Bertz CT molecular complexity index is 773. The number of hydrogen-bond acceptors (Lipinski definition) is 3. The quantitative estimate of drug-likeness (QED) is 0.925. The van der Waals surface area contributed by atoms with Crippen molar-refractivity contribution in [2.45, 2.75) is 25.8 Å². The highest BCUT2D eigenvalue weighted by Crippen LogP contribution is 2.24. The van der Waals surface area contributed by atoms with Gasteiger partial charge < -0.3 is 10.6 Å². The first-order chi connectivity index (χ1) is 11.5. The van der Waals surface area contributed by atoms with Crippen molar-refractivity contribution in [2.24, 2.45) is 11.7 Å². The molecule has 2 heterocycles. The van der Waals surface area contributed by atoms with Gasteiger partial charge in [0.1, 0.15) is 0 Å². The van der Waals surface area contributed by atoms with Gasteiger partial charge in [-0.05, 0) is 31.9 Å². The Morgan fingerprint density at radius 3 is 2.75 bits per heavy atom. The van der Waals surface area contributed by atoms with Gasteiger partial charge in [0.15, 0.2) is 0 Å². The zero-order valence-electron chi connectivity index (χ0n) is 13.4. The second-order valence-electron chi connectivity index (χ2n) is 6.11. The average molecular weight is 347 g/mol. The summed E-state index contributed by atoms with van der Waals surface area (Å²) >= 11 is 6.17. The number of hydrogen-bond donors (Lipinski definition) is 1. The van der Waals surface area contributed by atoms with Crippen LogP contribution in [0.4, 0.5) is 0 Å². The molecule has 2 atom stereocenters. The van der Waals surface area contributed by atoms with Crippen LogP contribution >= 0.6 is 11.6 Å². The summed E-state index contributed by atoms with van der Waals surface area (Å²) < 4.78 is 1.58. The number of primary amides is 1. The predicted octanol–water partition coefficient (Wildman–Crippen LogP) is 2.25. The molecule has 0 radical (unpaired) electrons. The second kappa shape index (κ2) is 6.65. The minimum atomic E-state index is -0.355. The van der Waals surface area contributed by atoms with E-state index >= 15 is 0 Å². The topological polar surface area (TPSA) is 81.2 Å². The van der Waals surface area contributed by atoms with Gasteiger partial charge in [0.25, 0.3) is 5.91 Å². The molecule has 2 amide bonds. The third-order valence-corrected chi connectivity index (χ3v) is 4.79. The number of benzene rings is 1. The molecule has 2 aromatic rings. The highest BCUT2D eigenvalue weighted by atomic mass is 35.5. The summed E-state index contributed by atoms with van der Waals surface area (Å²) in [5.74, 6) is -0.790. The zero-order chi connectivity index (χ0) is 17.3. The van der Waals surface area contributed by atoms with E-state index in [1.54, 1.807) is 21.8 Å². The van der Waals surface area contributed by atoms with Gasteiger partial charge in [-0.25, -0.2) is 4.68 Å². The summed E-state index contributed by atoms with van der Waals surface area (Å²) in [7, 11) is 0. The van der Waals surface area contributed by atoms with E-state index in [0.717, 1.165) is 12.8 Å². The van der Waals surface area contributed by atoms with E-state index in [1.807, 2.05) is 25.1 Å². The van der Waals surface area contributed by atoms with Gasteiger partial charge >= 0.3 is 0 Å². The summed E-state index contributed by atoms with van der Waals surface area (Å²) in [6, 6.07) is 7.35. The second-order valence-corrected chi connectivity index (χ2v) is 6.52. The maximum atomic E-state index is 12.8. The minimum Gasteiger partial charge on any atom is -0.369 e. The normalized spacial score (nSPS) is 20.8. The van der Waals surface area contributed by atoms with E-state index in [-0.39, 0.29) is 23.8 Å². The Labute approximate surface area is 145 Å². The van der Waals surface area contributed by atoms with Gasteiger partial charge in [-0.1, -0.05) is 23.7 Å². The van der Waals surface area contributed by atoms with Crippen molar-refractivity contribution in [3.8, 4) is 5.69 Å². The van der Waals surface area contributed by atoms with Crippen LogP contribution in [-0.4, -0.2) is 39.1 Å². The standard InChI is InChI=1S/C17H19ClN4O2/c1-11-6-7-12(16(19)23)9-21(11)17(24)13-8-20-22(10-13)15-5-3-2-4-14(15)18/h2-5,8,10-12H,6-7,9H2,1H3,(H2,19,23). The first kappa shape index (κ1) is 16.5. The molecule has 0 saturated carbocycles. The van der Waals surface area contributed by atoms with Crippen LogP contribution in [0.25, 0.3) is 5.69 Å². The number of likely N-dealkylation sites (tertiary alicyclic amines) is 1. The minimum absolute atomic E-state index is 0.0664. The van der Waals surface area contributed by atoms with Crippen LogP contribution in [0, 0.1) is 5.92 Å². The number of nitrogens with two attached hydrogens (primary N) is 1. The molecule has 6 nitrogen and oxygen atoms in total. The van der Waals surface area contributed by atoms with Crippen molar-refractivity contribution in [3.63, 3.8) is 0 Å². The third kappa shape index (κ3) is 3.14. The van der Waals surface area contributed by atoms with E-state index in [0.29, 0.717) is 22.8 Å². The molecule has 2 N–H and O–H groups in total. The van der Waals surface area contributed by atoms with Gasteiger partial charge in [0, 0.05) is 18.8 Å². The Morgan fingerprint density at radius 2 is 2.04 bits per heavy atom. The highest BCUT2D eigenvalue weighted by Gasteiger charge is 2.32. The molecule has 1 aliphatic rings.